The number of nitrogens with zero attached hydrogens (tertiary/aromatic N) is 4. The molecule has 1 aromatic carbocycles. The maximum atomic E-state index is 13.0. The van der Waals surface area contributed by atoms with Gasteiger partial charge in [0.1, 0.15) is 12.1 Å². The number of aryl methyl sites for hydroxylation is 1. The number of hydrogen-bond acceptors (Lipinski definition) is 5. The number of rotatable bonds is 4. The molecule has 0 radical (unpaired) electrons. The lowest BCUT2D eigenvalue weighted by atomic mass is 9.93. The van der Waals surface area contributed by atoms with Gasteiger partial charge in [0.15, 0.2) is 0 Å². The molecule has 1 fully saturated rings. The van der Waals surface area contributed by atoms with Gasteiger partial charge in [-0.05, 0) is 56.2 Å². The molecular weight excluding hydrogens is 397 g/mol. The van der Waals surface area contributed by atoms with Crippen LogP contribution in [0.25, 0.3) is 0 Å². The van der Waals surface area contributed by atoms with E-state index in [9.17, 15) is 14.0 Å². The number of anilines is 1. The summed E-state index contributed by atoms with van der Waals surface area (Å²) in [5.74, 6) is -0.653. The summed E-state index contributed by atoms with van der Waals surface area (Å²) in [7, 11) is 0. The molecule has 1 aliphatic rings. The Morgan fingerprint density at radius 3 is 2.61 bits per heavy atom. The largest absolute Gasteiger partial charge is 0.338 e. The van der Waals surface area contributed by atoms with Gasteiger partial charge in [-0.2, -0.15) is 0 Å². The van der Waals surface area contributed by atoms with Gasteiger partial charge in [-0.25, -0.2) is 14.4 Å². The quantitative estimate of drug-likeness (QED) is 0.698. The van der Waals surface area contributed by atoms with Crippen molar-refractivity contribution in [2.24, 2.45) is 0 Å². The second-order valence-electron chi connectivity index (χ2n) is 7.54. The van der Waals surface area contributed by atoms with Crippen LogP contribution >= 0.6 is 0 Å². The van der Waals surface area contributed by atoms with Crippen LogP contribution in [-0.2, 0) is 0 Å². The van der Waals surface area contributed by atoms with Crippen LogP contribution in [-0.4, -0.2) is 44.8 Å². The molecule has 4 rings (SSSR count). The summed E-state index contributed by atoms with van der Waals surface area (Å²) in [6.07, 6.45) is 6.31. The van der Waals surface area contributed by atoms with Crippen LogP contribution < -0.4 is 5.32 Å². The molecule has 1 saturated heterocycles. The molecule has 7 nitrogen and oxygen atoms in total. The molecule has 1 atom stereocenters. The van der Waals surface area contributed by atoms with Gasteiger partial charge in [-0.3, -0.25) is 14.6 Å². The lowest BCUT2D eigenvalue weighted by Gasteiger charge is -2.32. The molecule has 1 N–H and O–H groups in total. The molecule has 2 amide bonds. The van der Waals surface area contributed by atoms with Crippen LogP contribution in [0, 0.1) is 12.7 Å². The average molecular weight is 419 g/mol. The Bertz CT molecular complexity index is 1090. The van der Waals surface area contributed by atoms with Crippen molar-refractivity contribution in [1.82, 2.24) is 19.9 Å². The molecule has 3 heterocycles. The van der Waals surface area contributed by atoms with Crippen LogP contribution in [0.5, 0.6) is 0 Å². The van der Waals surface area contributed by atoms with Gasteiger partial charge in [-0.1, -0.05) is 0 Å². The summed E-state index contributed by atoms with van der Waals surface area (Å²) in [5.41, 5.74) is 2.95. The standard InChI is InChI=1S/C23H22FN5O2/c1-15-20(12-25-14-27-15)23(31)29-10-2-3-17(13-29)21-9-4-16(11-26-21)22(30)28-19-7-5-18(24)6-8-19/h4-9,11-12,14,17H,2-3,10,13H2,1H3,(H,28,30)/t17-/m0/s1. The first-order valence-electron chi connectivity index (χ1n) is 10.1. The summed E-state index contributed by atoms with van der Waals surface area (Å²) >= 11 is 0. The number of hydrogen-bond donors (Lipinski definition) is 1. The molecular formula is C23H22FN5O2. The minimum Gasteiger partial charge on any atom is -0.338 e. The molecule has 0 aliphatic carbocycles. The zero-order valence-electron chi connectivity index (χ0n) is 17.1. The summed E-state index contributed by atoms with van der Waals surface area (Å²) in [6.45, 7) is 3.04. The predicted octanol–water partition coefficient (Wildman–Crippen LogP) is 3.59. The van der Waals surface area contributed by atoms with Gasteiger partial charge < -0.3 is 10.2 Å². The Kier molecular flexibility index (Phi) is 5.97. The minimum absolute atomic E-state index is 0.0712. The molecule has 31 heavy (non-hydrogen) atoms. The van der Waals surface area contributed by atoms with E-state index >= 15 is 0 Å². The zero-order valence-corrected chi connectivity index (χ0v) is 17.1. The average Bonchev–Trinajstić information content (AvgIpc) is 2.80. The Morgan fingerprint density at radius 2 is 1.90 bits per heavy atom. The molecule has 1 aliphatic heterocycles. The SMILES string of the molecule is Cc1ncncc1C(=O)N1CCC[C@H](c2ccc(C(=O)Nc3ccc(F)cc3)cn2)C1. The van der Waals surface area contributed by atoms with Crippen LogP contribution in [0.15, 0.2) is 55.1 Å². The maximum absolute atomic E-state index is 13.0. The van der Waals surface area contributed by atoms with Gasteiger partial charge in [-0.15, -0.1) is 0 Å². The summed E-state index contributed by atoms with van der Waals surface area (Å²) in [6, 6.07) is 9.13. The smallest absolute Gasteiger partial charge is 0.257 e. The molecule has 158 valence electrons. The van der Waals surface area contributed by atoms with E-state index in [0.29, 0.717) is 35.6 Å². The van der Waals surface area contributed by atoms with E-state index in [0.717, 1.165) is 18.5 Å². The van der Waals surface area contributed by atoms with E-state index in [1.165, 1.54) is 36.8 Å². The number of nitrogens with one attached hydrogen (secondary N) is 1. The van der Waals surface area contributed by atoms with Crippen LogP contribution in [0.4, 0.5) is 10.1 Å². The normalized spacial score (nSPS) is 16.1. The summed E-state index contributed by atoms with van der Waals surface area (Å²) < 4.78 is 13.0. The topological polar surface area (TPSA) is 88.1 Å². The monoisotopic (exact) mass is 419 g/mol. The highest BCUT2D eigenvalue weighted by Gasteiger charge is 2.27. The van der Waals surface area contributed by atoms with Crippen LogP contribution in [0.2, 0.25) is 0 Å². The molecule has 0 spiro atoms. The number of likely N-dealkylation sites (tertiary alicyclic amines) is 1. The van der Waals surface area contributed by atoms with Crippen LogP contribution in [0.3, 0.4) is 0 Å². The molecule has 8 heteroatoms. The van der Waals surface area contributed by atoms with Gasteiger partial charge in [0, 0.05) is 42.8 Å². The second-order valence-corrected chi connectivity index (χ2v) is 7.54. The number of piperidine rings is 1. The third kappa shape index (κ3) is 4.74. The number of benzene rings is 1. The zero-order chi connectivity index (χ0) is 21.8. The Labute approximate surface area is 179 Å². The van der Waals surface area contributed by atoms with Crippen molar-refractivity contribution in [2.45, 2.75) is 25.7 Å². The van der Waals surface area contributed by atoms with Crippen molar-refractivity contribution < 1.29 is 14.0 Å². The van der Waals surface area contributed by atoms with Crippen molar-refractivity contribution in [3.8, 4) is 0 Å². The van der Waals surface area contributed by atoms with Gasteiger partial charge in [0.05, 0.1) is 16.8 Å². The highest BCUT2D eigenvalue weighted by atomic mass is 19.1. The third-order valence-electron chi connectivity index (χ3n) is 5.42. The van der Waals surface area contributed by atoms with E-state index in [1.807, 2.05) is 11.0 Å². The highest BCUT2D eigenvalue weighted by molar-refractivity contribution is 6.04. The molecule has 0 saturated carbocycles. The van der Waals surface area contributed by atoms with Crippen molar-refractivity contribution in [1.29, 1.82) is 0 Å². The summed E-state index contributed by atoms with van der Waals surface area (Å²) in [4.78, 5) is 39.7. The number of aromatic nitrogens is 3. The van der Waals surface area contributed by atoms with Crippen LogP contribution in [0.1, 0.15) is 50.9 Å². The minimum atomic E-state index is -0.362. The van der Waals surface area contributed by atoms with Crippen molar-refractivity contribution in [3.05, 3.63) is 83.5 Å². The fraction of sp³-hybridized carbons (Fsp3) is 0.261. The van der Waals surface area contributed by atoms with Crippen molar-refractivity contribution in [3.63, 3.8) is 0 Å². The Hall–Kier alpha value is -3.68. The van der Waals surface area contributed by atoms with Gasteiger partial charge >= 0.3 is 0 Å². The molecule has 0 bridgehead atoms. The number of carbonyl (C=O) groups is 2. The number of halogens is 1. The number of carbonyl (C=O) groups excluding carboxylic acids is 2. The highest BCUT2D eigenvalue weighted by Crippen LogP contribution is 2.27. The first kappa shape index (κ1) is 20.6. The van der Waals surface area contributed by atoms with Crippen molar-refractivity contribution >= 4 is 17.5 Å². The molecule has 2 aromatic heterocycles. The second kappa shape index (κ2) is 8.99. The fourth-order valence-corrected chi connectivity index (χ4v) is 3.69. The summed E-state index contributed by atoms with van der Waals surface area (Å²) in [5, 5.41) is 2.72. The molecule has 0 unspecified atom stereocenters. The number of amides is 2. The van der Waals surface area contributed by atoms with E-state index in [2.05, 4.69) is 20.3 Å². The van der Waals surface area contributed by atoms with E-state index in [1.54, 1.807) is 19.2 Å². The fourth-order valence-electron chi connectivity index (χ4n) is 3.69. The van der Waals surface area contributed by atoms with E-state index in [4.69, 9.17) is 0 Å². The van der Waals surface area contributed by atoms with Crippen molar-refractivity contribution in [2.75, 3.05) is 18.4 Å². The Balaban J connectivity index is 1.42. The molecule has 3 aromatic rings. The first-order valence-corrected chi connectivity index (χ1v) is 10.1. The lowest BCUT2D eigenvalue weighted by Crippen LogP contribution is -2.39. The maximum Gasteiger partial charge on any atom is 0.257 e. The third-order valence-corrected chi connectivity index (χ3v) is 5.42. The number of pyridine rings is 1. The van der Waals surface area contributed by atoms with E-state index in [-0.39, 0.29) is 23.5 Å². The lowest BCUT2D eigenvalue weighted by molar-refractivity contribution is 0.0704. The van der Waals surface area contributed by atoms with E-state index < -0.39 is 0 Å². The predicted molar refractivity (Wildman–Crippen MR) is 113 cm³/mol. The van der Waals surface area contributed by atoms with Gasteiger partial charge in [0.2, 0.25) is 0 Å². The van der Waals surface area contributed by atoms with Gasteiger partial charge in [0.25, 0.3) is 11.8 Å². The first-order chi connectivity index (χ1) is 15.0. The Morgan fingerprint density at radius 1 is 1.10 bits per heavy atom.